The van der Waals surface area contributed by atoms with Crippen LogP contribution in [0.5, 0.6) is 0 Å². The van der Waals surface area contributed by atoms with Gasteiger partial charge in [0, 0.05) is 6.26 Å². The molecule has 7 nitrogen and oxygen atoms in total. The molecule has 0 aromatic carbocycles. The van der Waals surface area contributed by atoms with Crippen molar-refractivity contribution in [1.29, 1.82) is 0 Å². The van der Waals surface area contributed by atoms with Crippen LogP contribution in [-0.2, 0) is 24.7 Å². The molecular formula is C5H12N2O5S2. The normalized spacial score (nSPS) is 12.6. The first kappa shape index (κ1) is 13.3. The predicted octanol–water partition coefficient (Wildman–Crippen LogP) is -2.56. The molecule has 1 amide bonds. The van der Waals surface area contributed by atoms with E-state index >= 15 is 0 Å². The van der Waals surface area contributed by atoms with Gasteiger partial charge in [0.1, 0.15) is 9.84 Å². The maximum absolute atomic E-state index is 11.0. The lowest BCUT2D eigenvalue weighted by atomic mass is 10.7. The van der Waals surface area contributed by atoms with Crippen molar-refractivity contribution in [3.05, 3.63) is 0 Å². The van der Waals surface area contributed by atoms with Gasteiger partial charge in [0.15, 0.2) is 0 Å². The van der Waals surface area contributed by atoms with Gasteiger partial charge in [-0.1, -0.05) is 0 Å². The summed E-state index contributed by atoms with van der Waals surface area (Å²) in [6, 6.07) is 0. The molecule has 0 unspecified atom stereocenters. The van der Waals surface area contributed by atoms with E-state index in [-0.39, 0.29) is 0 Å². The van der Waals surface area contributed by atoms with Crippen LogP contribution in [0.3, 0.4) is 0 Å². The summed E-state index contributed by atoms with van der Waals surface area (Å²) in [5, 5.41) is 0. The Bertz CT molecular complexity index is 396. The number of carbonyl (C=O) groups excluding carboxylic acids is 1. The number of hydrogen-bond acceptors (Lipinski definition) is 5. The molecule has 0 rings (SSSR count). The van der Waals surface area contributed by atoms with E-state index in [1.165, 1.54) is 0 Å². The van der Waals surface area contributed by atoms with Crippen molar-refractivity contribution in [3.63, 3.8) is 0 Å². The summed E-state index contributed by atoms with van der Waals surface area (Å²) in [4.78, 5) is 10.2. The molecule has 0 radical (unpaired) electrons. The molecule has 84 valence electrons. The number of sulfone groups is 1. The number of sulfonamides is 1. The second-order valence-electron chi connectivity index (χ2n) is 2.74. The number of primary amides is 1. The lowest BCUT2D eigenvalue weighted by molar-refractivity contribution is -0.116. The van der Waals surface area contributed by atoms with Gasteiger partial charge in [-0.3, -0.25) is 4.79 Å². The molecule has 0 aromatic heterocycles. The summed E-state index contributed by atoms with van der Waals surface area (Å²) < 4.78 is 45.1. The summed E-state index contributed by atoms with van der Waals surface area (Å²) in [7, 11) is -7.07. The van der Waals surface area contributed by atoms with Crippen molar-refractivity contribution >= 4 is 25.8 Å². The molecule has 0 fully saturated rings. The number of nitrogens with one attached hydrogen (secondary N) is 1. The lowest BCUT2D eigenvalue weighted by Crippen LogP contribution is -2.36. The van der Waals surface area contributed by atoms with Crippen LogP contribution in [0.1, 0.15) is 0 Å². The Morgan fingerprint density at radius 1 is 1.21 bits per heavy atom. The molecule has 3 N–H and O–H groups in total. The molecule has 0 heterocycles. The van der Waals surface area contributed by atoms with Gasteiger partial charge in [-0.05, 0) is 0 Å². The minimum absolute atomic E-state index is 0.485. The standard InChI is InChI=1S/C5H12N2O5S2/c1-13(9,10)2-3-14(11,12)7-4-5(6)8/h7H,2-4H2,1H3,(H2,6,8). The van der Waals surface area contributed by atoms with E-state index in [1.807, 2.05) is 4.72 Å². The highest BCUT2D eigenvalue weighted by atomic mass is 32.2. The predicted molar refractivity (Wildman–Crippen MR) is 50.7 cm³/mol. The minimum atomic E-state index is -3.74. The van der Waals surface area contributed by atoms with Crippen LogP contribution in [0, 0.1) is 0 Å². The maximum atomic E-state index is 11.0. The highest BCUT2D eigenvalue weighted by Gasteiger charge is 2.14. The summed E-state index contributed by atoms with van der Waals surface area (Å²) in [6.45, 7) is -0.522. The highest BCUT2D eigenvalue weighted by molar-refractivity contribution is 7.93. The van der Waals surface area contributed by atoms with Crippen LogP contribution in [0.25, 0.3) is 0 Å². The summed E-state index contributed by atoms with van der Waals surface area (Å²) in [5.41, 5.74) is 4.70. The summed E-state index contributed by atoms with van der Waals surface area (Å²) in [5.74, 6) is -1.88. The van der Waals surface area contributed by atoms with Gasteiger partial charge in [0.25, 0.3) is 0 Å². The van der Waals surface area contributed by atoms with Crippen molar-refractivity contribution in [2.45, 2.75) is 0 Å². The van der Waals surface area contributed by atoms with Gasteiger partial charge in [-0.15, -0.1) is 0 Å². The van der Waals surface area contributed by atoms with E-state index < -0.39 is 43.8 Å². The Kier molecular flexibility index (Phi) is 4.49. The first-order chi connectivity index (χ1) is 6.12. The van der Waals surface area contributed by atoms with Gasteiger partial charge in [-0.2, -0.15) is 0 Å². The highest BCUT2D eigenvalue weighted by Crippen LogP contribution is 1.89. The fraction of sp³-hybridized carbons (Fsp3) is 0.800. The zero-order valence-electron chi connectivity index (χ0n) is 7.56. The largest absolute Gasteiger partial charge is 0.369 e. The van der Waals surface area contributed by atoms with Crippen LogP contribution in [0.4, 0.5) is 0 Å². The Balaban J connectivity index is 4.17. The van der Waals surface area contributed by atoms with E-state index in [4.69, 9.17) is 5.73 Å². The second kappa shape index (κ2) is 4.71. The molecule has 0 atom stereocenters. The molecule has 0 spiro atoms. The van der Waals surface area contributed by atoms with Crippen molar-refractivity contribution in [1.82, 2.24) is 4.72 Å². The quantitative estimate of drug-likeness (QED) is 0.531. The van der Waals surface area contributed by atoms with Gasteiger partial charge >= 0.3 is 0 Å². The maximum Gasteiger partial charge on any atom is 0.232 e. The average Bonchev–Trinajstić information content (AvgIpc) is 1.97. The topological polar surface area (TPSA) is 123 Å². The van der Waals surface area contributed by atoms with Gasteiger partial charge < -0.3 is 5.73 Å². The van der Waals surface area contributed by atoms with Crippen LogP contribution < -0.4 is 10.5 Å². The molecule has 0 aliphatic carbocycles. The third-order valence-electron chi connectivity index (χ3n) is 1.19. The number of rotatable bonds is 6. The number of carbonyl (C=O) groups is 1. The Labute approximate surface area is 82.6 Å². The van der Waals surface area contributed by atoms with Crippen molar-refractivity contribution in [2.75, 3.05) is 24.3 Å². The monoisotopic (exact) mass is 244 g/mol. The number of nitrogens with two attached hydrogens (primary N) is 1. The van der Waals surface area contributed by atoms with Crippen LogP contribution in [0.2, 0.25) is 0 Å². The van der Waals surface area contributed by atoms with Crippen molar-refractivity contribution in [3.8, 4) is 0 Å². The molecule has 9 heteroatoms. The Hall–Kier alpha value is -0.670. The zero-order chi connectivity index (χ0) is 11.4. The third-order valence-corrected chi connectivity index (χ3v) is 3.72. The molecular weight excluding hydrogens is 232 g/mol. The van der Waals surface area contributed by atoms with E-state index in [0.29, 0.717) is 0 Å². The first-order valence-electron chi connectivity index (χ1n) is 3.56. The van der Waals surface area contributed by atoms with E-state index in [0.717, 1.165) is 6.26 Å². The molecule has 14 heavy (non-hydrogen) atoms. The molecule has 0 bridgehead atoms. The zero-order valence-corrected chi connectivity index (χ0v) is 9.19. The van der Waals surface area contributed by atoms with Crippen LogP contribution >= 0.6 is 0 Å². The Morgan fingerprint density at radius 3 is 2.07 bits per heavy atom. The fourth-order valence-corrected chi connectivity index (χ4v) is 3.11. The fourth-order valence-electron chi connectivity index (χ4n) is 0.514. The lowest BCUT2D eigenvalue weighted by Gasteiger charge is -2.03. The van der Waals surface area contributed by atoms with Crippen LogP contribution in [-0.4, -0.2) is 47.0 Å². The SMILES string of the molecule is CS(=O)(=O)CCS(=O)(=O)NCC(N)=O. The van der Waals surface area contributed by atoms with Gasteiger partial charge in [0.05, 0.1) is 18.1 Å². The molecule has 0 saturated carbocycles. The van der Waals surface area contributed by atoms with Gasteiger partial charge in [-0.25, -0.2) is 21.6 Å². The average molecular weight is 244 g/mol. The van der Waals surface area contributed by atoms with E-state index in [2.05, 4.69) is 0 Å². The molecule has 0 aliphatic heterocycles. The smallest absolute Gasteiger partial charge is 0.232 e. The van der Waals surface area contributed by atoms with E-state index in [9.17, 15) is 21.6 Å². The minimum Gasteiger partial charge on any atom is -0.369 e. The number of hydrogen-bond donors (Lipinski definition) is 2. The molecule has 0 aromatic rings. The van der Waals surface area contributed by atoms with Crippen molar-refractivity contribution < 1.29 is 21.6 Å². The molecule has 0 saturated heterocycles. The first-order valence-corrected chi connectivity index (χ1v) is 7.27. The van der Waals surface area contributed by atoms with Gasteiger partial charge in [0.2, 0.25) is 15.9 Å². The summed E-state index contributed by atoms with van der Waals surface area (Å²) >= 11 is 0. The van der Waals surface area contributed by atoms with E-state index in [1.54, 1.807) is 0 Å². The third kappa shape index (κ3) is 7.95. The van der Waals surface area contributed by atoms with Crippen LogP contribution in [0.15, 0.2) is 0 Å². The molecule has 0 aliphatic rings. The summed E-state index contributed by atoms with van der Waals surface area (Å²) in [6.07, 6.45) is 0.927. The Morgan fingerprint density at radius 2 is 1.71 bits per heavy atom. The number of amides is 1. The van der Waals surface area contributed by atoms with Crippen molar-refractivity contribution in [2.24, 2.45) is 5.73 Å². The second-order valence-corrected chi connectivity index (χ2v) is 6.92.